The van der Waals surface area contributed by atoms with Gasteiger partial charge in [0.2, 0.25) is 0 Å². The van der Waals surface area contributed by atoms with E-state index in [1.807, 2.05) is 0 Å². The summed E-state index contributed by atoms with van der Waals surface area (Å²) in [6.07, 6.45) is 0. The number of primary amides is 1. The highest BCUT2D eigenvalue weighted by Crippen LogP contribution is 2.20. The number of aliphatic hydroxyl groups excluding tert-OH is 1. The predicted molar refractivity (Wildman–Crippen MR) is 50.6 cm³/mol. The number of carbonyl (C=O) groups excluding carboxylic acids is 1. The number of benzene rings is 1. The minimum absolute atomic E-state index is 0.00593. The van der Waals surface area contributed by atoms with Crippen LogP contribution in [0, 0.1) is 0 Å². The predicted octanol–water partition coefficient (Wildman–Crippen LogP) is -0.517. The Morgan fingerprint density at radius 3 is 2.64 bits per heavy atom. The molecule has 0 aliphatic heterocycles. The molecule has 5 nitrogen and oxygen atoms in total. The first-order chi connectivity index (χ1) is 6.56. The van der Waals surface area contributed by atoms with E-state index in [0.29, 0.717) is 5.56 Å². The third-order valence-corrected chi connectivity index (χ3v) is 1.91. The van der Waals surface area contributed by atoms with E-state index in [1.54, 1.807) is 0 Å². The van der Waals surface area contributed by atoms with Crippen molar-refractivity contribution in [1.29, 1.82) is 0 Å². The molecule has 0 aromatic heterocycles. The first kappa shape index (κ1) is 10.5. The molecule has 0 saturated heterocycles. The fourth-order valence-corrected chi connectivity index (χ4v) is 1.09. The SMILES string of the molecule is NC(=O)c1cc([C@@H](N)CO)ccc1O. The summed E-state index contributed by atoms with van der Waals surface area (Å²) in [5.41, 5.74) is 11.1. The molecule has 14 heavy (non-hydrogen) atoms. The van der Waals surface area contributed by atoms with Gasteiger partial charge in [0, 0.05) is 0 Å². The molecule has 0 aliphatic carbocycles. The summed E-state index contributed by atoms with van der Waals surface area (Å²) in [4.78, 5) is 10.8. The van der Waals surface area contributed by atoms with Gasteiger partial charge in [0.25, 0.3) is 5.91 Å². The van der Waals surface area contributed by atoms with Crippen LogP contribution in [0.1, 0.15) is 22.0 Å². The summed E-state index contributed by atoms with van der Waals surface area (Å²) in [6.45, 7) is -0.233. The number of hydrogen-bond donors (Lipinski definition) is 4. The molecule has 6 N–H and O–H groups in total. The van der Waals surface area contributed by atoms with Crippen molar-refractivity contribution in [2.75, 3.05) is 6.61 Å². The number of amides is 1. The average molecular weight is 196 g/mol. The Bertz CT molecular complexity index is 352. The Morgan fingerprint density at radius 2 is 2.14 bits per heavy atom. The third-order valence-electron chi connectivity index (χ3n) is 1.91. The van der Waals surface area contributed by atoms with E-state index in [2.05, 4.69) is 0 Å². The molecule has 0 saturated carbocycles. The minimum Gasteiger partial charge on any atom is -0.507 e. The number of carbonyl (C=O) groups is 1. The highest BCUT2D eigenvalue weighted by Gasteiger charge is 2.11. The van der Waals surface area contributed by atoms with Gasteiger partial charge in [0.05, 0.1) is 18.2 Å². The second-order valence-electron chi connectivity index (χ2n) is 2.93. The Labute approximate surface area is 81.0 Å². The zero-order chi connectivity index (χ0) is 10.7. The van der Waals surface area contributed by atoms with Gasteiger partial charge in [0.15, 0.2) is 0 Å². The Morgan fingerprint density at radius 1 is 1.50 bits per heavy atom. The first-order valence-corrected chi connectivity index (χ1v) is 4.05. The van der Waals surface area contributed by atoms with Crippen molar-refractivity contribution < 1.29 is 15.0 Å². The normalized spacial score (nSPS) is 12.4. The van der Waals surface area contributed by atoms with Crippen molar-refractivity contribution >= 4 is 5.91 Å². The van der Waals surface area contributed by atoms with Gasteiger partial charge in [-0.25, -0.2) is 0 Å². The van der Waals surface area contributed by atoms with Crippen molar-refractivity contribution in [2.45, 2.75) is 6.04 Å². The fourth-order valence-electron chi connectivity index (χ4n) is 1.09. The van der Waals surface area contributed by atoms with Crippen LogP contribution in [-0.4, -0.2) is 22.7 Å². The molecule has 0 bridgehead atoms. The van der Waals surface area contributed by atoms with Crippen molar-refractivity contribution in [3.63, 3.8) is 0 Å². The van der Waals surface area contributed by atoms with Crippen LogP contribution in [0.5, 0.6) is 5.75 Å². The fraction of sp³-hybridized carbons (Fsp3) is 0.222. The maximum Gasteiger partial charge on any atom is 0.252 e. The highest BCUT2D eigenvalue weighted by atomic mass is 16.3. The van der Waals surface area contributed by atoms with Crippen molar-refractivity contribution in [3.8, 4) is 5.75 Å². The molecule has 1 rings (SSSR count). The molecular formula is C9H12N2O3. The molecule has 0 radical (unpaired) electrons. The smallest absolute Gasteiger partial charge is 0.252 e. The molecule has 76 valence electrons. The quantitative estimate of drug-likeness (QED) is 0.521. The Kier molecular flexibility index (Phi) is 3.06. The molecule has 1 aromatic rings. The van der Waals surface area contributed by atoms with Crippen LogP contribution in [0.15, 0.2) is 18.2 Å². The molecule has 0 heterocycles. The van der Waals surface area contributed by atoms with Crippen LogP contribution in [0.3, 0.4) is 0 Å². The summed E-state index contributed by atoms with van der Waals surface area (Å²) < 4.78 is 0. The average Bonchev–Trinajstić information content (AvgIpc) is 2.17. The minimum atomic E-state index is -0.727. The second kappa shape index (κ2) is 4.08. The monoisotopic (exact) mass is 196 g/mol. The number of aromatic hydroxyl groups is 1. The largest absolute Gasteiger partial charge is 0.507 e. The van der Waals surface area contributed by atoms with Crippen molar-refractivity contribution in [2.24, 2.45) is 11.5 Å². The number of nitrogens with two attached hydrogens (primary N) is 2. The standard InChI is InChI=1S/C9H12N2O3/c10-7(4-12)5-1-2-8(13)6(3-5)9(11)14/h1-3,7,12-13H,4,10H2,(H2,11,14)/t7-/m0/s1. The third kappa shape index (κ3) is 2.01. The maximum absolute atomic E-state index is 10.8. The van der Waals surface area contributed by atoms with E-state index in [9.17, 15) is 9.90 Å². The number of hydrogen-bond acceptors (Lipinski definition) is 4. The van der Waals surface area contributed by atoms with Gasteiger partial charge >= 0.3 is 0 Å². The first-order valence-electron chi connectivity index (χ1n) is 4.05. The molecule has 1 atom stereocenters. The lowest BCUT2D eigenvalue weighted by atomic mass is 10.0. The molecule has 0 spiro atoms. The summed E-state index contributed by atoms with van der Waals surface area (Å²) in [5.74, 6) is -0.916. The highest BCUT2D eigenvalue weighted by molar-refractivity contribution is 5.95. The van der Waals surface area contributed by atoms with E-state index >= 15 is 0 Å². The number of aliphatic hydroxyl groups is 1. The summed E-state index contributed by atoms with van der Waals surface area (Å²) in [6, 6.07) is 3.65. The van der Waals surface area contributed by atoms with E-state index < -0.39 is 11.9 Å². The van der Waals surface area contributed by atoms with Crippen molar-refractivity contribution in [3.05, 3.63) is 29.3 Å². The molecule has 0 fully saturated rings. The van der Waals surface area contributed by atoms with Gasteiger partial charge < -0.3 is 21.7 Å². The molecule has 0 unspecified atom stereocenters. The molecule has 1 amide bonds. The lowest BCUT2D eigenvalue weighted by molar-refractivity contribution is 0.0997. The van der Waals surface area contributed by atoms with Gasteiger partial charge in [-0.2, -0.15) is 0 Å². The van der Waals surface area contributed by atoms with E-state index in [4.69, 9.17) is 16.6 Å². The van der Waals surface area contributed by atoms with Gasteiger partial charge in [-0.05, 0) is 17.7 Å². The van der Waals surface area contributed by atoms with E-state index in [-0.39, 0.29) is 17.9 Å². The van der Waals surface area contributed by atoms with Gasteiger partial charge in [-0.15, -0.1) is 0 Å². The summed E-state index contributed by atoms with van der Waals surface area (Å²) >= 11 is 0. The van der Waals surface area contributed by atoms with E-state index in [1.165, 1.54) is 18.2 Å². The van der Waals surface area contributed by atoms with Crippen LogP contribution >= 0.6 is 0 Å². The topological polar surface area (TPSA) is 110 Å². The lowest BCUT2D eigenvalue weighted by Crippen LogP contribution is -2.17. The number of rotatable bonds is 3. The van der Waals surface area contributed by atoms with Gasteiger partial charge in [-0.1, -0.05) is 6.07 Å². The van der Waals surface area contributed by atoms with Gasteiger partial charge in [-0.3, -0.25) is 4.79 Å². The molecule has 1 aromatic carbocycles. The van der Waals surface area contributed by atoms with Crippen LogP contribution in [-0.2, 0) is 0 Å². The lowest BCUT2D eigenvalue weighted by Gasteiger charge is -2.10. The summed E-state index contributed by atoms with van der Waals surface area (Å²) in [5, 5.41) is 18.0. The Balaban J connectivity index is 3.12. The number of phenols is 1. The van der Waals surface area contributed by atoms with Crippen LogP contribution < -0.4 is 11.5 Å². The Hall–Kier alpha value is -1.59. The second-order valence-corrected chi connectivity index (χ2v) is 2.93. The van der Waals surface area contributed by atoms with E-state index in [0.717, 1.165) is 0 Å². The van der Waals surface area contributed by atoms with Crippen LogP contribution in [0.25, 0.3) is 0 Å². The van der Waals surface area contributed by atoms with Gasteiger partial charge in [0.1, 0.15) is 5.75 Å². The molecule has 0 aliphatic rings. The van der Waals surface area contributed by atoms with Crippen molar-refractivity contribution in [1.82, 2.24) is 0 Å². The van der Waals surface area contributed by atoms with Crippen LogP contribution in [0.2, 0.25) is 0 Å². The molecule has 5 heteroatoms. The zero-order valence-electron chi connectivity index (χ0n) is 7.47. The maximum atomic E-state index is 10.8. The van der Waals surface area contributed by atoms with Crippen LogP contribution in [0.4, 0.5) is 0 Å². The summed E-state index contributed by atoms with van der Waals surface area (Å²) in [7, 11) is 0. The molecular weight excluding hydrogens is 184 g/mol. The zero-order valence-corrected chi connectivity index (χ0v) is 7.47.